The predicted molar refractivity (Wildman–Crippen MR) is 50.7 cm³/mol. The summed E-state index contributed by atoms with van der Waals surface area (Å²) in [5, 5.41) is 17.5. The van der Waals surface area contributed by atoms with Crippen LogP contribution in [-0.4, -0.2) is 11.1 Å². The van der Waals surface area contributed by atoms with E-state index in [4.69, 9.17) is 16.2 Å². The summed E-state index contributed by atoms with van der Waals surface area (Å²) in [6, 6.07) is 4.82. The molecule has 0 bridgehead atoms. The fourth-order valence-corrected chi connectivity index (χ4v) is 1.25. The molecule has 14 heavy (non-hydrogen) atoms. The van der Waals surface area contributed by atoms with Crippen molar-refractivity contribution >= 4 is 11.7 Å². The third-order valence-corrected chi connectivity index (χ3v) is 1.83. The molecule has 0 aliphatic rings. The zero-order valence-electron chi connectivity index (χ0n) is 7.53. The molecule has 4 N–H and O–H groups in total. The molecule has 0 aliphatic heterocycles. The molecule has 1 aromatic carbocycles. The molecule has 1 rings (SSSR count). The molecular weight excluding hydrogens is 182 g/mol. The highest BCUT2D eigenvalue weighted by Crippen LogP contribution is 2.20. The highest BCUT2D eigenvalue weighted by Gasteiger charge is 2.13. The van der Waals surface area contributed by atoms with Crippen LogP contribution in [0.5, 0.6) is 0 Å². The van der Waals surface area contributed by atoms with Gasteiger partial charge in [0.1, 0.15) is 0 Å². The van der Waals surface area contributed by atoms with Gasteiger partial charge in [-0.05, 0) is 24.6 Å². The van der Waals surface area contributed by atoms with Gasteiger partial charge >= 0.3 is 5.97 Å². The molecule has 0 heterocycles. The van der Waals surface area contributed by atoms with Crippen LogP contribution in [0.15, 0.2) is 12.1 Å². The predicted octanol–water partition coefficient (Wildman–Crippen LogP) is 0.851. The zero-order chi connectivity index (χ0) is 10.7. The molecular formula is C9H9N3O2. The first-order valence-corrected chi connectivity index (χ1v) is 3.84. The Bertz CT molecular complexity index is 421. The van der Waals surface area contributed by atoms with Gasteiger partial charge in [0.15, 0.2) is 0 Å². The van der Waals surface area contributed by atoms with Crippen molar-refractivity contribution in [3.63, 3.8) is 0 Å². The Balaban J connectivity index is 3.44. The first-order chi connectivity index (χ1) is 6.60. The number of nitrogen functional groups attached to an aromatic ring is 1. The number of hydrogen-bond acceptors (Lipinski definition) is 4. The van der Waals surface area contributed by atoms with Crippen LogP contribution in [0.2, 0.25) is 0 Å². The van der Waals surface area contributed by atoms with Crippen LogP contribution in [0.25, 0.3) is 0 Å². The van der Waals surface area contributed by atoms with E-state index in [-0.39, 0.29) is 11.3 Å². The van der Waals surface area contributed by atoms with Crippen LogP contribution in [0.4, 0.5) is 5.69 Å². The molecule has 0 spiro atoms. The topological polar surface area (TPSA) is 99.1 Å². The first-order valence-electron chi connectivity index (χ1n) is 3.84. The summed E-state index contributed by atoms with van der Waals surface area (Å²) in [5.74, 6) is 4.09. The average Bonchev–Trinajstić information content (AvgIpc) is 2.15. The van der Waals surface area contributed by atoms with Gasteiger partial charge in [0.2, 0.25) is 0 Å². The van der Waals surface area contributed by atoms with Gasteiger partial charge < -0.3 is 10.5 Å². The highest BCUT2D eigenvalue weighted by molar-refractivity contribution is 5.96. The largest absolute Gasteiger partial charge is 0.478 e. The Kier molecular flexibility index (Phi) is 2.70. The Labute approximate surface area is 80.7 Å². The second kappa shape index (κ2) is 3.77. The summed E-state index contributed by atoms with van der Waals surface area (Å²) < 4.78 is 0. The first kappa shape index (κ1) is 10.0. The van der Waals surface area contributed by atoms with E-state index < -0.39 is 5.97 Å². The van der Waals surface area contributed by atoms with E-state index in [1.165, 1.54) is 12.1 Å². The van der Waals surface area contributed by atoms with Crippen LogP contribution in [-0.2, 0) is 0 Å². The molecule has 0 atom stereocenters. The molecule has 72 valence electrons. The quantitative estimate of drug-likeness (QED) is 0.475. The van der Waals surface area contributed by atoms with Gasteiger partial charge in [-0.1, -0.05) is 0 Å². The van der Waals surface area contributed by atoms with Crippen molar-refractivity contribution in [3.05, 3.63) is 28.8 Å². The van der Waals surface area contributed by atoms with Crippen molar-refractivity contribution in [1.82, 2.24) is 0 Å². The van der Waals surface area contributed by atoms with Crippen LogP contribution >= 0.6 is 0 Å². The number of carbonyl (C=O) groups is 1. The van der Waals surface area contributed by atoms with Crippen molar-refractivity contribution in [2.24, 2.45) is 5.84 Å². The minimum atomic E-state index is -1.07. The number of carboxylic acid groups (broad SMARTS) is 1. The maximum Gasteiger partial charge on any atom is 0.338 e. The fourth-order valence-electron chi connectivity index (χ4n) is 1.25. The number of hydrazine groups is 1. The smallest absolute Gasteiger partial charge is 0.338 e. The van der Waals surface area contributed by atoms with E-state index in [0.29, 0.717) is 11.1 Å². The number of hydrogen-bond donors (Lipinski definition) is 3. The molecule has 0 aromatic heterocycles. The summed E-state index contributed by atoms with van der Waals surface area (Å²) in [4.78, 5) is 10.8. The van der Waals surface area contributed by atoms with Gasteiger partial charge in [0.05, 0.1) is 22.9 Å². The summed E-state index contributed by atoms with van der Waals surface area (Å²) in [6.07, 6.45) is 0. The fraction of sp³-hybridized carbons (Fsp3) is 0.111. The van der Waals surface area contributed by atoms with E-state index in [9.17, 15) is 4.79 Å². The second-order valence-corrected chi connectivity index (χ2v) is 2.78. The molecule has 5 heteroatoms. The molecule has 1 aromatic rings. The molecule has 0 fully saturated rings. The molecule has 0 radical (unpaired) electrons. The third-order valence-electron chi connectivity index (χ3n) is 1.83. The van der Waals surface area contributed by atoms with Gasteiger partial charge in [-0.2, -0.15) is 5.26 Å². The molecule has 0 saturated heterocycles. The Morgan fingerprint density at radius 2 is 2.29 bits per heavy atom. The number of rotatable bonds is 2. The standard InChI is InChI=1S/C9H9N3O2/c1-5-2-6(4-10)3-7(12-11)8(5)9(13)14/h2-3,12H,11H2,1H3,(H,13,14). The van der Waals surface area contributed by atoms with Crippen molar-refractivity contribution in [3.8, 4) is 6.07 Å². The van der Waals surface area contributed by atoms with E-state index in [1.807, 2.05) is 6.07 Å². The average molecular weight is 191 g/mol. The molecule has 0 amide bonds. The molecule has 0 aliphatic carbocycles. The number of benzene rings is 1. The van der Waals surface area contributed by atoms with Crippen molar-refractivity contribution in [1.29, 1.82) is 5.26 Å². The van der Waals surface area contributed by atoms with Gasteiger partial charge in [0, 0.05) is 0 Å². The minimum absolute atomic E-state index is 0.0894. The number of anilines is 1. The lowest BCUT2D eigenvalue weighted by atomic mass is 10.0. The van der Waals surface area contributed by atoms with Crippen LogP contribution < -0.4 is 11.3 Å². The summed E-state index contributed by atoms with van der Waals surface area (Å²) in [7, 11) is 0. The molecule has 5 nitrogen and oxygen atoms in total. The number of aryl methyl sites for hydroxylation is 1. The van der Waals surface area contributed by atoms with E-state index in [1.54, 1.807) is 6.92 Å². The maximum absolute atomic E-state index is 10.8. The summed E-state index contributed by atoms with van der Waals surface area (Å²) in [6.45, 7) is 1.62. The van der Waals surface area contributed by atoms with Gasteiger partial charge in [-0.3, -0.25) is 5.84 Å². The van der Waals surface area contributed by atoms with E-state index in [0.717, 1.165) is 0 Å². The van der Waals surface area contributed by atoms with Crippen LogP contribution in [0.3, 0.4) is 0 Å². The third kappa shape index (κ3) is 1.65. The Morgan fingerprint density at radius 1 is 1.64 bits per heavy atom. The molecule has 0 saturated carbocycles. The SMILES string of the molecule is Cc1cc(C#N)cc(NN)c1C(=O)O. The normalized spacial score (nSPS) is 9.21. The van der Waals surface area contributed by atoms with Crippen molar-refractivity contribution < 1.29 is 9.90 Å². The number of carboxylic acids is 1. The number of nitriles is 1. The van der Waals surface area contributed by atoms with Gasteiger partial charge in [-0.25, -0.2) is 4.79 Å². The highest BCUT2D eigenvalue weighted by atomic mass is 16.4. The lowest BCUT2D eigenvalue weighted by Crippen LogP contribution is -2.13. The lowest BCUT2D eigenvalue weighted by molar-refractivity contribution is 0.0697. The number of nitrogens with one attached hydrogen (secondary N) is 1. The van der Waals surface area contributed by atoms with Gasteiger partial charge in [-0.15, -0.1) is 0 Å². The summed E-state index contributed by atoms with van der Waals surface area (Å²) in [5.41, 5.74) is 3.47. The second-order valence-electron chi connectivity index (χ2n) is 2.78. The zero-order valence-corrected chi connectivity index (χ0v) is 7.53. The monoisotopic (exact) mass is 191 g/mol. The summed E-state index contributed by atoms with van der Waals surface area (Å²) >= 11 is 0. The van der Waals surface area contributed by atoms with E-state index in [2.05, 4.69) is 5.43 Å². The Hall–Kier alpha value is -2.06. The van der Waals surface area contributed by atoms with Crippen LogP contribution in [0.1, 0.15) is 21.5 Å². The molecule has 0 unspecified atom stereocenters. The number of nitrogens with zero attached hydrogens (tertiary/aromatic N) is 1. The van der Waals surface area contributed by atoms with Crippen LogP contribution in [0, 0.1) is 18.3 Å². The van der Waals surface area contributed by atoms with Crippen molar-refractivity contribution in [2.75, 3.05) is 5.43 Å². The number of nitrogens with two attached hydrogens (primary N) is 1. The van der Waals surface area contributed by atoms with Crippen molar-refractivity contribution in [2.45, 2.75) is 6.92 Å². The van der Waals surface area contributed by atoms with Gasteiger partial charge in [0.25, 0.3) is 0 Å². The van der Waals surface area contributed by atoms with E-state index >= 15 is 0 Å². The maximum atomic E-state index is 10.8. The minimum Gasteiger partial charge on any atom is -0.478 e. The Morgan fingerprint density at radius 3 is 2.71 bits per heavy atom. The lowest BCUT2D eigenvalue weighted by Gasteiger charge is -2.08. The number of aromatic carboxylic acids is 1.